The smallest absolute Gasteiger partial charge is 0.129 e. The second kappa shape index (κ2) is 8.29. The minimum absolute atomic E-state index is 0.325. The second-order valence-corrected chi connectivity index (χ2v) is 6.12. The summed E-state index contributed by atoms with van der Waals surface area (Å²) < 4.78 is 12.7. The van der Waals surface area contributed by atoms with Crippen molar-refractivity contribution < 1.29 is 14.3 Å². The molecule has 2 aromatic rings. The molecular formula is C17H25N3O3. The third-order valence-electron chi connectivity index (χ3n) is 4.29. The van der Waals surface area contributed by atoms with E-state index in [4.69, 9.17) is 9.15 Å². The van der Waals surface area contributed by atoms with Crippen molar-refractivity contribution in [2.75, 3.05) is 19.7 Å². The van der Waals surface area contributed by atoms with Gasteiger partial charge in [-0.1, -0.05) is 6.42 Å². The average molecular weight is 319 g/mol. The first-order valence-electron chi connectivity index (χ1n) is 8.31. The molecule has 2 aromatic heterocycles. The Morgan fingerprint density at radius 2 is 2.35 bits per heavy atom. The summed E-state index contributed by atoms with van der Waals surface area (Å²) in [6, 6.07) is 6.09. The van der Waals surface area contributed by atoms with Crippen LogP contribution in [0.4, 0.5) is 0 Å². The SMILES string of the molecule is O[C@@H](COCc1ccco1)CN1CCCC[C@H]1Cn1cccn1. The van der Waals surface area contributed by atoms with E-state index in [1.54, 1.807) is 6.26 Å². The van der Waals surface area contributed by atoms with Crippen molar-refractivity contribution in [1.82, 2.24) is 14.7 Å². The first-order chi connectivity index (χ1) is 11.3. The number of likely N-dealkylation sites (tertiary alicyclic amines) is 1. The molecule has 0 aliphatic carbocycles. The Kier molecular flexibility index (Phi) is 5.85. The van der Waals surface area contributed by atoms with Gasteiger partial charge in [0.2, 0.25) is 0 Å². The maximum absolute atomic E-state index is 10.3. The zero-order valence-corrected chi connectivity index (χ0v) is 13.4. The van der Waals surface area contributed by atoms with Crippen LogP contribution < -0.4 is 0 Å². The van der Waals surface area contributed by atoms with E-state index in [0.717, 1.165) is 25.3 Å². The van der Waals surface area contributed by atoms with Crippen molar-refractivity contribution in [3.63, 3.8) is 0 Å². The molecule has 3 heterocycles. The van der Waals surface area contributed by atoms with E-state index in [9.17, 15) is 5.11 Å². The summed E-state index contributed by atoms with van der Waals surface area (Å²) in [5.41, 5.74) is 0. The van der Waals surface area contributed by atoms with E-state index < -0.39 is 6.10 Å². The second-order valence-electron chi connectivity index (χ2n) is 6.12. The molecule has 0 saturated carbocycles. The minimum atomic E-state index is -0.483. The van der Waals surface area contributed by atoms with Gasteiger partial charge in [0.1, 0.15) is 12.4 Å². The van der Waals surface area contributed by atoms with E-state index >= 15 is 0 Å². The van der Waals surface area contributed by atoms with Crippen LogP contribution in [-0.4, -0.2) is 51.6 Å². The van der Waals surface area contributed by atoms with Crippen LogP contribution in [0.1, 0.15) is 25.0 Å². The van der Waals surface area contributed by atoms with Gasteiger partial charge in [-0.2, -0.15) is 5.10 Å². The molecule has 3 rings (SSSR count). The first-order valence-corrected chi connectivity index (χ1v) is 8.31. The van der Waals surface area contributed by atoms with Gasteiger partial charge in [0.05, 0.1) is 25.5 Å². The fraction of sp³-hybridized carbons (Fsp3) is 0.588. The third kappa shape index (κ3) is 4.92. The molecule has 126 valence electrons. The average Bonchev–Trinajstić information content (AvgIpc) is 3.23. The van der Waals surface area contributed by atoms with Crippen LogP contribution in [0.3, 0.4) is 0 Å². The lowest BCUT2D eigenvalue weighted by Gasteiger charge is -2.36. The number of rotatable bonds is 8. The summed E-state index contributed by atoms with van der Waals surface area (Å²) in [5, 5.41) is 14.5. The van der Waals surface area contributed by atoms with Crippen molar-refractivity contribution in [3.05, 3.63) is 42.6 Å². The van der Waals surface area contributed by atoms with Crippen molar-refractivity contribution in [1.29, 1.82) is 0 Å². The van der Waals surface area contributed by atoms with Crippen molar-refractivity contribution in [2.45, 2.75) is 44.6 Å². The molecule has 0 bridgehead atoms. The van der Waals surface area contributed by atoms with Gasteiger partial charge in [-0.15, -0.1) is 0 Å². The molecule has 6 heteroatoms. The molecule has 23 heavy (non-hydrogen) atoms. The molecule has 0 radical (unpaired) electrons. The third-order valence-corrected chi connectivity index (χ3v) is 4.29. The molecule has 1 N–H and O–H groups in total. The Morgan fingerprint density at radius 3 is 3.13 bits per heavy atom. The number of hydrogen-bond acceptors (Lipinski definition) is 5. The van der Waals surface area contributed by atoms with Gasteiger partial charge in [-0.3, -0.25) is 9.58 Å². The maximum atomic E-state index is 10.3. The molecule has 2 atom stereocenters. The Morgan fingerprint density at radius 1 is 1.39 bits per heavy atom. The summed E-state index contributed by atoms with van der Waals surface area (Å²) in [6.45, 7) is 3.28. The van der Waals surface area contributed by atoms with Gasteiger partial charge in [-0.25, -0.2) is 0 Å². The Hall–Kier alpha value is -1.63. The van der Waals surface area contributed by atoms with Crippen LogP contribution >= 0.6 is 0 Å². The number of aliphatic hydroxyl groups excluding tert-OH is 1. The van der Waals surface area contributed by atoms with Gasteiger partial charge in [0.25, 0.3) is 0 Å². The number of piperidine rings is 1. The number of ether oxygens (including phenoxy) is 1. The quantitative estimate of drug-likeness (QED) is 0.805. The van der Waals surface area contributed by atoms with E-state index in [1.165, 1.54) is 12.8 Å². The lowest BCUT2D eigenvalue weighted by Crippen LogP contribution is -2.46. The van der Waals surface area contributed by atoms with Crippen molar-refractivity contribution in [2.24, 2.45) is 0 Å². The van der Waals surface area contributed by atoms with Crippen molar-refractivity contribution >= 4 is 0 Å². The Balaban J connectivity index is 1.44. The fourth-order valence-corrected chi connectivity index (χ4v) is 3.15. The predicted octanol–water partition coefficient (Wildman–Crippen LogP) is 1.91. The molecule has 0 amide bonds. The standard InChI is InChI=1S/C17H25N3O3/c21-16(13-22-14-17-6-3-10-23-17)12-19-8-2-1-5-15(19)11-20-9-4-7-18-20/h3-4,6-7,9-10,15-16,21H,1-2,5,8,11-14H2/t15-,16+/m0/s1. The highest BCUT2D eigenvalue weighted by atomic mass is 16.5. The summed E-state index contributed by atoms with van der Waals surface area (Å²) in [6.07, 6.45) is 8.54. The molecule has 1 fully saturated rings. The number of nitrogens with zero attached hydrogens (tertiary/aromatic N) is 3. The normalized spacial score (nSPS) is 20.7. The van der Waals surface area contributed by atoms with Gasteiger partial charge < -0.3 is 14.3 Å². The number of aromatic nitrogens is 2. The Labute approximate surface area is 136 Å². The van der Waals surface area contributed by atoms with Gasteiger partial charge in [0.15, 0.2) is 0 Å². The Bertz CT molecular complexity index is 541. The zero-order chi connectivity index (χ0) is 15.9. The van der Waals surface area contributed by atoms with Crippen LogP contribution in [0.15, 0.2) is 41.3 Å². The van der Waals surface area contributed by atoms with Crippen molar-refractivity contribution in [3.8, 4) is 0 Å². The summed E-state index contributed by atoms with van der Waals surface area (Å²) >= 11 is 0. The van der Waals surface area contributed by atoms with Crippen LogP contribution in [0.25, 0.3) is 0 Å². The predicted molar refractivity (Wildman–Crippen MR) is 85.8 cm³/mol. The number of furan rings is 1. The molecule has 0 aromatic carbocycles. The summed E-state index contributed by atoms with van der Waals surface area (Å²) in [4.78, 5) is 2.37. The highest BCUT2D eigenvalue weighted by molar-refractivity contribution is 4.96. The first kappa shape index (κ1) is 16.2. The molecule has 6 nitrogen and oxygen atoms in total. The zero-order valence-electron chi connectivity index (χ0n) is 13.4. The monoisotopic (exact) mass is 319 g/mol. The van der Waals surface area contributed by atoms with Crippen LogP contribution in [0.5, 0.6) is 0 Å². The molecule has 0 spiro atoms. The number of aliphatic hydroxyl groups is 1. The van der Waals surface area contributed by atoms with Gasteiger partial charge in [0, 0.05) is 25.0 Å². The van der Waals surface area contributed by atoms with Crippen LogP contribution in [0.2, 0.25) is 0 Å². The topological polar surface area (TPSA) is 63.7 Å². The highest BCUT2D eigenvalue weighted by Gasteiger charge is 2.24. The summed E-state index contributed by atoms with van der Waals surface area (Å²) in [5.74, 6) is 0.784. The minimum Gasteiger partial charge on any atom is -0.467 e. The lowest BCUT2D eigenvalue weighted by atomic mass is 10.0. The van der Waals surface area contributed by atoms with Crippen LogP contribution in [-0.2, 0) is 17.9 Å². The number of hydrogen-bond donors (Lipinski definition) is 1. The van der Waals surface area contributed by atoms with E-state index in [1.807, 2.05) is 35.3 Å². The molecular weight excluding hydrogens is 294 g/mol. The van der Waals surface area contributed by atoms with E-state index in [2.05, 4.69) is 10.00 Å². The molecule has 1 aliphatic heterocycles. The maximum Gasteiger partial charge on any atom is 0.129 e. The number of β-amino-alcohol motifs (C(OH)–C–C–N with tert-alkyl or cyclic N) is 1. The summed E-state index contributed by atoms with van der Waals surface area (Å²) in [7, 11) is 0. The van der Waals surface area contributed by atoms with E-state index in [-0.39, 0.29) is 0 Å². The highest BCUT2D eigenvalue weighted by Crippen LogP contribution is 2.18. The fourth-order valence-electron chi connectivity index (χ4n) is 3.15. The van der Waals surface area contributed by atoms with Gasteiger partial charge in [-0.05, 0) is 37.6 Å². The molecule has 1 saturated heterocycles. The van der Waals surface area contributed by atoms with Crippen LogP contribution in [0, 0.1) is 0 Å². The van der Waals surface area contributed by atoms with Gasteiger partial charge >= 0.3 is 0 Å². The largest absolute Gasteiger partial charge is 0.467 e. The lowest BCUT2D eigenvalue weighted by molar-refractivity contribution is -0.00928. The van der Waals surface area contributed by atoms with E-state index in [0.29, 0.717) is 25.8 Å². The molecule has 0 unspecified atom stereocenters. The molecule has 1 aliphatic rings.